The van der Waals surface area contributed by atoms with Crippen molar-refractivity contribution >= 4 is 29.5 Å². The van der Waals surface area contributed by atoms with Crippen LogP contribution in [0.15, 0.2) is 30.5 Å². The van der Waals surface area contributed by atoms with Gasteiger partial charge in [0.1, 0.15) is 29.6 Å². The van der Waals surface area contributed by atoms with Crippen LogP contribution in [0.3, 0.4) is 0 Å². The molecule has 4 unspecified atom stereocenters. The molecule has 51 heavy (non-hydrogen) atoms. The molecule has 272 valence electrons. The van der Waals surface area contributed by atoms with Gasteiger partial charge in [0.15, 0.2) is 0 Å². The highest BCUT2D eigenvalue weighted by Crippen LogP contribution is 2.33. The van der Waals surface area contributed by atoms with Gasteiger partial charge in [0.2, 0.25) is 29.5 Å². The fourth-order valence-corrected chi connectivity index (χ4v) is 6.96. The van der Waals surface area contributed by atoms with Gasteiger partial charge in [-0.15, -0.1) is 0 Å². The van der Waals surface area contributed by atoms with Crippen molar-refractivity contribution < 1.29 is 24.0 Å². The van der Waals surface area contributed by atoms with Crippen LogP contribution in [-0.4, -0.2) is 80.5 Å². The molecule has 4 N–H and O–H groups in total. The van der Waals surface area contributed by atoms with E-state index in [-0.39, 0.29) is 59.2 Å². The summed E-state index contributed by atoms with van der Waals surface area (Å²) in [5.41, 5.74) is 2.35. The maximum absolute atomic E-state index is 13.6. The highest BCUT2D eigenvalue weighted by Gasteiger charge is 2.41. The molecule has 2 saturated heterocycles. The third-order valence-corrected chi connectivity index (χ3v) is 10.4. The van der Waals surface area contributed by atoms with Crippen molar-refractivity contribution in [2.24, 2.45) is 23.7 Å². The number of hydrogen-bond donors (Lipinski definition) is 4. The fourth-order valence-electron chi connectivity index (χ4n) is 6.96. The van der Waals surface area contributed by atoms with Crippen molar-refractivity contribution in [1.82, 2.24) is 35.7 Å². The third kappa shape index (κ3) is 8.81. The lowest BCUT2D eigenvalue weighted by Crippen LogP contribution is -2.55. The van der Waals surface area contributed by atoms with E-state index in [9.17, 15) is 24.0 Å². The summed E-state index contributed by atoms with van der Waals surface area (Å²) >= 11 is 0. The average Bonchev–Trinajstić information content (AvgIpc) is 3.99. The number of H-pyrrole nitrogens is 1. The van der Waals surface area contributed by atoms with E-state index in [1.807, 2.05) is 56.9 Å². The molecule has 2 aliphatic carbocycles. The Labute approximate surface area is 300 Å². The van der Waals surface area contributed by atoms with Crippen LogP contribution in [0.1, 0.15) is 108 Å². The van der Waals surface area contributed by atoms with Gasteiger partial charge in [0.25, 0.3) is 0 Å². The van der Waals surface area contributed by atoms with E-state index in [0.717, 1.165) is 56.1 Å². The van der Waals surface area contributed by atoms with E-state index in [1.54, 1.807) is 11.1 Å². The second-order valence-corrected chi connectivity index (χ2v) is 15.2. The molecule has 0 bridgehead atoms. The fraction of sp³-hybridized carbons (Fsp3) is 0.590. The predicted octanol–water partition coefficient (Wildman–Crippen LogP) is 3.18. The largest absolute Gasteiger partial charge is 0.350 e. The minimum absolute atomic E-state index is 0.0101. The van der Waals surface area contributed by atoms with E-state index in [0.29, 0.717) is 37.6 Å². The minimum atomic E-state index is -0.635. The maximum atomic E-state index is 13.6. The Morgan fingerprint density at radius 3 is 1.92 bits per heavy atom. The van der Waals surface area contributed by atoms with Gasteiger partial charge in [-0.25, -0.2) is 4.98 Å². The molecule has 6 rings (SSSR count). The van der Waals surface area contributed by atoms with Crippen LogP contribution in [0, 0.1) is 35.5 Å². The Kier molecular flexibility index (Phi) is 11.1. The number of amides is 5. The van der Waals surface area contributed by atoms with Gasteiger partial charge in [0, 0.05) is 37.0 Å². The molecular weight excluding hydrogens is 646 g/mol. The predicted molar refractivity (Wildman–Crippen MR) is 190 cm³/mol. The van der Waals surface area contributed by atoms with Crippen LogP contribution in [-0.2, 0) is 30.5 Å². The summed E-state index contributed by atoms with van der Waals surface area (Å²) in [6.07, 6.45) is 8.19. The number of likely N-dealkylation sites (tertiary alicyclic amines) is 2. The van der Waals surface area contributed by atoms with Crippen LogP contribution in [0.4, 0.5) is 0 Å². The maximum Gasteiger partial charge on any atom is 0.246 e. The number of rotatable bonds is 12. The summed E-state index contributed by atoms with van der Waals surface area (Å²) < 4.78 is 0. The molecule has 2 saturated carbocycles. The molecular formula is C39H51N7O5. The highest BCUT2D eigenvalue weighted by molar-refractivity contribution is 5.93. The number of aromatic nitrogens is 2. The first-order valence-corrected chi connectivity index (χ1v) is 18.7. The quantitative estimate of drug-likeness (QED) is 0.250. The molecule has 0 spiro atoms. The molecule has 1 aromatic carbocycles. The van der Waals surface area contributed by atoms with Gasteiger partial charge >= 0.3 is 0 Å². The summed E-state index contributed by atoms with van der Waals surface area (Å²) in [5.74, 6) is 6.39. The summed E-state index contributed by atoms with van der Waals surface area (Å²) in [6.45, 7) is 9.19. The standard InChI is InChI=1S/C39H51N7O5/c1-23(2)32(43-35(47)27-14-15-27)38(50)45-19-5-7-30(45)34-40-22-29(42-34)18-13-25-9-11-26(12-10-25)21-41-37(49)31-8-6-20-46(31)39(51)33(24(3)4)44-36(48)28-16-17-28/h9-12,22-24,27-28,30-33H,5-8,14-17,19-21H2,1-4H3,(H,40,42)(H,41,49)(H,43,47)(H,44,48). The molecule has 5 amide bonds. The molecule has 4 atom stereocenters. The number of aromatic amines is 1. The second-order valence-electron chi connectivity index (χ2n) is 15.2. The monoisotopic (exact) mass is 697 g/mol. The number of carbonyl (C=O) groups excluding carboxylic acids is 5. The van der Waals surface area contributed by atoms with Crippen LogP contribution in [0.2, 0.25) is 0 Å². The molecule has 4 aliphatic rings. The summed E-state index contributed by atoms with van der Waals surface area (Å²) in [7, 11) is 0. The number of benzene rings is 1. The second kappa shape index (κ2) is 15.7. The van der Waals surface area contributed by atoms with Crippen LogP contribution in [0.5, 0.6) is 0 Å². The van der Waals surface area contributed by atoms with Gasteiger partial charge in [-0.3, -0.25) is 24.0 Å². The number of nitrogens with one attached hydrogen (secondary N) is 4. The van der Waals surface area contributed by atoms with Gasteiger partial charge in [-0.1, -0.05) is 45.7 Å². The molecule has 12 heteroatoms. The van der Waals surface area contributed by atoms with E-state index in [4.69, 9.17) is 0 Å². The Morgan fingerprint density at radius 2 is 1.33 bits per heavy atom. The van der Waals surface area contributed by atoms with E-state index < -0.39 is 18.1 Å². The van der Waals surface area contributed by atoms with Crippen molar-refractivity contribution in [2.75, 3.05) is 13.1 Å². The van der Waals surface area contributed by atoms with Crippen LogP contribution in [0.25, 0.3) is 0 Å². The lowest BCUT2D eigenvalue weighted by molar-refractivity contribution is -0.142. The molecule has 2 aromatic rings. The lowest BCUT2D eigenvalue weighted by atomic mass is 10.0. The number of imidazole rings is 1. The number of carbonyl (C=O) groups is 5. The van der Waals surface area contributed by atoms with Gasteiger partial charge in [-0.2, -0.15) is 0 Å². The van der Waals surface area contributed by atoms with Crippen molar-refractivity contribution in [3.63, 3.8) is 0 Å². The van der Waals surface area contributed by atoms with Crippen molar-refractivity contribution in [3.8, 4) is 11.8 Å². The van der Waals surface area contributed by atoms with Gasteiger partial charge < -0.3 is 30.7 Å². The molecule has 4 fully saturated rings. The number of nitrogens with zero attached hydrogens (tertiary/aromatic N) is 3. The normalized spacial score (nSPS) is 21.2. The van der Waals surface area contributed by atoms with Gasteiger partial charge in [0.05, 0.1) is 12.2 Å². The molecule has 12 nitrogen and oxygen atoms in total. The Hall–Kier alpha value is -4.66. The van der Waals surface area contributed by atoms with Crippen LogP contribution >= 0.6 is 0 Å². The van der Waals surface area contributed by atoms with Crippen molar-refractivity contribution in [2.45, 2.75) is 110 Å². The zero-order valence-electron chi connectivity index (χ0n) is 30.2. The Balaban J connectivity index is 1.01. The summed E-state index contributed by atoms with van der Waals surface area (Å²) in [4.78, 5) is 76.5. The first-order chi connectivity index (χ1) is 24.5. The zero-order chi connectivity index (χ0) is 36.2. The SMILES string of the molecule is CC(C)C(NC(=O)C1CC1)C(=O)N1CCCC1C(=O)NCc1ccc(C#Cc2cnc(C3CCCN3C(=O)C(NC(=O)C3CC3)C(C)C)[nH]2)cc1. The molecule has 3 heterocycles. The zero-order valence-corrected chi connectivity index (χ0v) is 30.2. The van der Waals surface area contributed by atoms with Gasteiger partial charge in [-0.05, 0) is 86.8 Å². The Morgan fingerprint density at radius 1 is 0.765 bits per heavy atom. The molecule has 0 radical (unpaired) electrons. The summed E-state index contributed by atoms with van der Waals surface area (Å²) in [6, 6.07) is 5.68. The van der Waals surface area contributed by atoms with E-state index >= 15 is 0 Å². The van der Waals surface area contributed by atoms with Crippen molar-refractivity contribution in [3.05, 3.63) is 53.1 Å². The number of hydrogen-bond acceptors (Lipinski definition) is 6. The lowest BCUT2D eigenvalue weighted by Gasteiger charge is -2.30. The first kappa shape index (κ1) is 36.1. The highest BCUT2D eigenvalue weighted by atomic mass is 16.2. The summed E-state index contributed by atoms with van der Waals surface area (Å²) in [5, 5.41) is 8.92. The molecule has 2 aliphatic heterocycles. The average molecular weight is 698 g/mol. The minimum Gasteiger partial charge on any atom is -0.350 e. The Bertz CT molecular complexity index is 1680. The van der Waals surface area contributed by atoms with E-state index in [1.165, 1.54) is 0 Å². The molecule has 1 aromatic heterocycles. The first-order valence-electron chi connectivity index (χ1n) is 18.7. The van der Waals surface area contributed by atoms with E-state index in [2.05, 4.69) is 37.8 Å². The smallest absolute Gasteiger partial charge is 0.246 e. The van der Waals surface area contributed by atoms with Crippen molar-refractivity contribution in [1.29, 1.82) is 0 Å². The van der Waals surface area contributed by atoms with Crippen LogP contribution < -0.4 is 16.0 Å². The topological polar surface area (TPSA) is 157 Å². The third-order valence-electron chi connectivity index (χ3n) is 10.4.